The van der Waals surface area contributed by atoms with Crippen molar-refractivity contribution in [3.05, 3.63) is 35.9 Å². The van der Waals surface area contributed by atoms with Crippen molar-refractivity contribution >= 4 is 12.0 Å². The normalized spacial score (nSPS) is 10.3. The highest BCUT2D eigenvalue weighted by Crippen LogP contribution is 2.13. The van der Waals surface area contributed by atoms with Gasteiger partial charge in [-0.3, -0.25) is 4.79 Å². The van der Waals surface area contributed by atoms with Gasteiger partial charge in [-0.15, -0.1) is 0 Å². The van der Waals surface area contributed by atoms with Crippen LogP contribution in [0.15, 0.2) is 30.3 Å². The number of methoxy groups -OCH3 is 1. The fraction of sp³-hybridized carbons (Fsp3) is 0.250. The van der Waals surface area contributed by atoms with Crippen LogP contribution in [-0.2, 0) is 9.53 Å². The van der Waals surface area contributed by atoms with Crippen molar-refractivity contribution in [1.29, 1.82) is 0 Å². The molecule has 0 aliphatic rings. The molecular formula is C12H14O3. The molecule has 1 aromatic carbocycles. The van der Waals surface area contributed by atoms with Crippen LogP contribution in [0.3, 0.4) is 0 Å². The van der Waals surface area contributed by atoms with E-state index in [-0.39, 0.29) is 5.97 Å². The lowest BCUT2D eigenvalue weighted by Crippen LogP contribution is -1.97. The summed E-state index contributed by atoms with van der Waals surface area (Å²) in [6, 6.07) is 7.64. The quantitative estimate of drug-likeness (QED) is 0.709. The Hall–Kier alpha value is -1.77. The van der Waals surface area contributed by atoms with E-state index in [1.165, 1.54) is 6.92 Å². The Labute approximate surface area is 89.3 Å². The number of esters is 1. The van der Waals surface area contributed by atoms with Crippen molar-refractivity contribution in [3.8, 4) is 5.75 Å². The van der Waals surface area contributed by atoms with Gasteiger partial charge in [-0.2, -0.15) is 0 Å². The number of carbonyl (C=O) groups excluding carboxylic acids is 1. The van der Waals surface area contributed by atoms with E-state index < -0.39 is 0 Å². The zero-order valence-corrected chi connectivity index (χ0v) is 8.90. The molecule has 15 heavy (non-hydrogen) atoms. The summed E-state index contributed by atoms with van der Waals surface area (Å²) in [5.74, 6) is 0.537. The zero-order chi connectivity index (χ0) is 11.1. The third-order valence-electron chi connectivity index (χ3n) is 1.79. The first-order valence-corrected chi connectivity index (χ1v) is 4.66. The minimum Gasteiger partial charge on any atom is -0.497 e. The Morgan fingerprint density at radius 1 is 1.47 bits per heavy atom. The van der Waals surface area contributed by atoms with E-state index in [2.05, 4.69) is 0 Å². The predicted molar refractivity (Wildman–Crippen MR) is 58.7 cm³/mol. The molecule has 0 N–H and O–H groups in total. The first-order chi connectivity index (χ1) is 7.22. The summed E-state index contributed by atoms with van der Waals surface area (Å²) in [6.07, 6.45) is 3.67. The molecule has 3 nitrogen and oxygen atoms in total. The highest BCUT2D eigenvalue weighted by Gasteiger charge is 1.91. The van der Waals surface area contributed by atoms with Gasteiger partial charge < -0.3 is 9.47 Å². The van der Waals surface area contributed by atoms with Gasteiger partial charge in [0.2, 0.25) is 0 Å². The predicted octanol–water partition coefficient (Wildman–Crippen LogP) is 2.27. The van der Waals surface area contributed by atoms with Crippen LogP contribution in [0, 0.1) is 0 Å². The maximum Gasteiger partial charge on any atom is 0.302 e. The number of rotatable bonds is 4. The molecule has 0 unspecified atom stereocenters. The highest BCUT2D eigenvalue weighted by molar-refractivity contribution is 5.66. The molecule has 0 amide bonds. The minimum absolute atomic E-state index is 0.273. The fourth-order valence-electron chi connectivity index (χ4n) is 1.09. The second kappa shape index (κ2) is 5.86. The Morgan fingerprint density at radius 2 is 2.27 bits per heavy atom. The molecule has 1 rings (SSSR count). The molecule has 0 radical (unpaired) electrons. The fourth-order valence-corrected chi connectivity index (χ4v) is 1.09. The third kappa shape index (κ3) is 4.31. The summed E-state index contributed by atoms with van der Waals surface area (Å²) in [5, 5.41) is 0. The SMILES string of the molecule is COc1cccc(/C=C/COC(C)=O)c1. The molecule has 1 aromatic rings. The molecular weight excluding hydrogens is 192 g/mol. The van der Waals surface area contributed by atoms with E-state index in [0.29, 0.717) is 6.61 Å². The third-order valence-corrected chi connectivity index (χ3v) is 1.79. The van der Waals surface area contributed by atoms with E-state index in [1.807, 2.05) is 30.3 Å². The molecule has 0 spiro atoms. The summed E-state index contributed by atoms with van der Waals surface area (Å²) in [5.41, 5.74) is 1.02. The molecule has 0 heterocycles. The molecule has 0 bridgehead atoms. The van der Waals surface area contributed by atoms with Gasteiger partial charge >= 0.3 is 5.97 Å². The van der Waals surface area contributed by atoms with Crippen LogP contribution >= 0.6 is 0 Å². The van der Waals surface area contributed by atoms with Gasteiger partial charge in [0.25, 0.3) is 0 Å². The summed E-state index contributed by atoms with van der Waals surface area (Å²) in [6.45, 7) is 1.69. The largest absolute Gasteiger partial charge is 0.497 e. The van der Waals surface area contributed by atoms with Crippen LogP contribution in [-0.4, -0.2) is 19.7 Å². The standard InChI is InChI=1S/C12H14O3/c1-10(13)15-8-4-6-11-5-3-7-12(9-11)14-2/h3-7,9H,8H2,1-2H3/b6-4+. The van der Waals surface area contributed by atoms with Gasteiger partial charge in [0.15, 0.2) is 0 Å². The molecule has 0 aliphatic carbocycles. The van der Waals surface area contributed by atoms with E-state index in [0.717, 1.165) is 11.3 Å². The number of hydrogen-bond acceptors (Lipinski definition) is 3. The molecule has 0 aliphatic heterocycles. The maximum atomic E-state index is 10.5. The Kier molecular flexibility index (Phi) is 4.41. The first kappa shape index (κ1) is 11.3. The molecule has 0 atom stereocenters. The minimum atomic E-state index is -0.273. The van der Waals surface area contributed by atoms with E-state index >= 15 is 0 Å². The Morgan fingerprint density at radius 3 is 2.93 bits per heavy atom. The van der Waals surface area contributed by atoms with Gasteiger partial charge in [0, 0.05) is 6.92 Å². The highest BCUT2D eigenvalue weighted by atomic mass is 16.5. The Balaban J connectivity index is 2.52. The van der Waals surface area contributed by atoms with Crippen molar-refractivity contribution < 1.29 is 14.3 Å². The zero-order valence-electron chi connectivity index (χ0n) is 8.90. The smallest absolute Gasteiger partial charge is 0.302 e. The van der Waals surface area contributed by atoms with Gasteiger partial charge in [-0.25, -0.2) is 0 Å². The average molecular weight is 206 g/mol. The van der Waals surface area contributed by atoms with Crippen molar-refractivity contribution in [2.75, 3.05) is 13.7 Å². The monoisotopic (exact) mass is 206 g/mol. The Bertz CT molecular complexity index is 356. The van der Waals surface area contributed by atoms with Crippen LogP contribution < -0.4 is 4.74 Å². The summed E-state index contributed by atoms with van der Waals surface area (Å²) >= 11 is 0. The maximum absolute atomic E-state index is 10.5. The lowest BCUT2D eigenvalue weighted by molar-refractivity contribution is -0.139. The van der Waals surface area contributed by atoms with Crippen LogP contribution in [0.1, 0.15) is 12.5 Å². The van der Waals surface area contributed by atoms with E-state index in [4.69, 9.17) is 9.47 Å². The van der Waals surface area contributed by atoms with E-state index in [9.17, 15) is 4.79 Å². The van der Waals surface area contributed by atoms with Crippen LogP contribution in [0.4, 0.5) is 0 Å². The lowest BCUT2D eigenvalue weighted by atomic mass is 10.2. The van der Waals surface area contributed by atoms with Gasteiger partial charge in [-0.1, -0.05) is 18.2 Å². The van der Waals surface area contributed by atoms with Gasteiger partial charge in [0.1, 0.15) is 12.4 Å². The van der Waals surface area contributed by atoms with Crippen molar-refractivity contribution in [2.24, 2.45) is 0 Å². The van der Waals surface area contributed by atoms with E-state index in [1.54, 1.807) is 13.2 Å². The number of carbonyl (C=O) groups is 1. The van der Waals surface area contributed by atoms with Gasteiger partial charge in [-0.05, 0) is 23.8 Å². The van der Waals surface area contributed by atoms with Crippen molar-refractivity contribution in [2.45, 2.75) is 6.92 Å². The topological polar surface area (TPSA) is 35.5 Å². The van der Waals surface area contributed by atoms with Crippen molar-refractivity contribution in [1.82, 2.24) is 0 Å². The molecule has 0 fully saturated rings. The number of ether oxygens (including phenoxy) is 2. The number of benzene rings is 1. The lowest BCUT2D eigenvalue weighted by Gasteiger charge is -2.00. The first-order valence-electron chi connectivity index (χ1n) is 4.66. The molecule has 0 aromatic heterocycles. The van der Waals surface area contributed by atoms with Crippen LogP contribution in [0.2, 0.25) is 0 Å². The molecule has 0 saturated carbocycles. The molecule has 3 heteroatoms. The summed E-state index contributed by atoms with van der Waals surface area (Å²) in [4.78, 5) is 10.5. The summed E-state index contributed by atoms with van der Waals surface area (Å²) < 4.78 is 9.84. The average Bonchev–Trinajstić information content (AvgIpc) is 2.24. The van der Waals surface area contributed by atoms with Crippen LogP contribution in [0.25, 0.3) is 6.08 Å². The second-order valence-electron chi connectivity index (χ2n) is 2.98. The molecule has 80 valence electrons. The second-order valence-corrected chi connectivity index (χ2v) is 2.98. The molecule has 0 saturated heterocycles. The van der Waals surface area contributed by atoms with Crippen LogP contribution in [0.5, 0.6) is 5.75 Å². The van der Waals surface area contributed by atoms with Gasteiger partial charge in [0.05, 0.1) is 7.11 Å². The summed E-state index contributed by atoms with van der Waals surface area (Å²) in [7, 11) is 1.63. The number of hydrogen-bond donors (Lipinski definition) is 0. The van der Waals surface area contributed by atoms with Crippen molar-refractivity contribution in [3.63, 3.8) is 0 Å².